The van der Waals surface area contributed by atoms with E-state index in [-0.39, 0.29) is 21.8 Å². The molecule has 12 nitrogen and oxygen atoms in total. The summed E-state index contributed by atoms with van der Waals surface area (Å²) in [5, 5.41) is 15.3. The minimum Gasteiger partial charge on any atom is -0.455 e. The Hall–Kier alpha value is -4.92. The van der Waals surface area contributed by atoms with Crippen molar-refractivity contribution in [2.45, 2.75) is 81.8 Å². The summed E-state index contributed by atoms with van der Waals surface area (Å²) in [7, 11) is -2.45. The summed E-state index contributed by atoms with van der Waals surface area (Å²) in [5.41, 5.74) is 6.37. The number of benzene rings is 3. The van der Waals surface area contributed by atoms with E-state index in [0.717, 1.165) is 112 Å². The predicted molar refractivity (Wildman–Crippen MR) is 246 cm³/mol. The topological polar surface area (TPSA) is 149 Å². The fraction of sp³-hybridized carbons (Fsp3) is 0.417. The number of aryl methyl sites for hydroxylation is 1. The number of aromatic nitrogens is 2. The summed E-state index contributed by atoms with van der Waals surface area (Å²) in [6, 6.07) is 21.9. The Morgan fingerprint density at radius 2 is 1.74 bits per heavy atom. The number of nitrogens with one attached hydrogen (secondary N) is 3. The van der Waals surface area contributed by atoms with Crippen molar-refractivity contribution >= 4 is 55.5 Å². The maximum Gasteiger partial charge on any atom is 0.268 e. The molecule has 0 radical (unpaired) electrons. The van der Waals surface area contributed by atoms with Crippen LogP contribution in [0.15, 0.2) is 95.7 Å². The second-order valence-electron chi connectivity index (χ2n) is 17.8. The highest BCUT2D eigenvalue weighted by Crippen LogP contribution is 2.40. The van der Waals surface area contributed by atoms with Crippen LogP contribution in [0.2, 0.25) is 5.02 Å². The van der Waals surface area contributed by atoms with Crippen LogP contribution in [0, 0.1) is 12.8 Å². The highest BCUT2D eigenvalue weighted by Gasteiger charge is 2.33. The van der Waals surface area contributed by atoms with Gasteiger partial charge in [0.15, 0.2) is 0 Å². The highest BCUT2D eigenvalue weighted by molar-refractivity contribution is 7.90. The molecule has 14 heteroatoms. The van der Waals surface area contributed by atoms with Gasteiger partial charge in [-0.05, 0) is 149 Å². The van der Waals surface area contributed by atoms with Crippen LogP contribution in [0.25, 0.3) is 16.6 Å². The van der Waals surface area contributed by atoms with Crippen molar-refractivity contribution in [1.82, 2.24) is 19.6 Å². The zero-order valence-electron chi connectivity index (χ0n) is 36.0. The molecule has 3 aromatic carbocycles. The molecule has 2 aromatic heterocycles. The van der Waals surface area contributed by atoms with Crippen molar-refractivity contribution in [2.24, 2.45) is 5.92 Å². The average molecular weight is 882 g/mol. The first-order valence-corrected chi connectivity index (χ1v) is 23.4. The van der Waals surface area contributed by atoms with Gasteiger partial charge in [-0.3, -0.25) is 9.69 Å². The van der Waals surface area contributed by atoms with Gasteiger partial charge >= 0.3 is 0 Å². The summed E-state index contributed by atoms with van der Waals surface area (Å²) < 4.78 is 42.1. The number of piperazine rings is 1. The van der Waals surface area contributed by atoms with Gasteiger partial charge in [0.2, 0.25) is 0 Å². The molecular formula is C48H57ClN6O6S. The van der Waals surface area contributed by atoms with Crippen LogP contribution in [-0.4, -0.2) is 91.9 Å². The Kier molecular flexibility index (Phi) is 12.7. The van der Waals surface area contributed by atoms with Crippen molar-refractivity contribution in [3.63, 3.8) is 0 Å². The van der Waals surface area contributed by atoms with Gasteiger partial charge in [0, 0.05) is 80.4 Å². The summed E-state index contributed by atoms with van der Waals surface area (Å²) >= 11 is 6.24. The van der Waals surface area contributed by atoms with Crippen molar-refractivity contribution in [1.29, 1.82) is 0 Å². The number of rotatable bonds is 13. The molecule has 1 saturated carbocycles. The first kappa shape index (κ1) is 43.7. The molecule has 3 aliphatic rings. The van der Waals surface area contributed by atoms with Crippen LogP contribution in [0.4, 0.5) is 11.4 Å². The zero-order valence-corrected chi connectivity index (χ0v) is 37.5. The van der Waals surface area contributed by atoms with E-state index < -0.39 is 21.5 Å². The first-order chi connectivity index (χ1) is 29.7. The largest absolute Gasteiger partial charge is 0.455 e. The normalized spacial score (nSPS) is 22.5. The molecule has 2 aliphatic carbocycles. The molecule has 5 aromatic rings. The van der Waals surface area contributed by atoms with Crippen LogP contribution < -0.4 is 19.7 Å². The number of allylic oxidation sites excluding steroid dienone is 1. The highest BCUT2D eigenvalue weighted by atomic mass is 35.5. The number of sulfonamides is 1. The standard InChI is InChI=1S/C48H57ClN6O6S/c1-32-25-40(10-12-43(32)51-29-33-13-17-47(2,57)18-14-33)62(58,59)53-46(56)42-11-9-38(27-44(42)61-39-26-35-16-20-50-45(35)52-30-39)55-23-21-54(22-24-55)31-36-28-48(3,60-4)19-15-41(36)34-5-7-37(49)8-6-34/h5-12,16,20,25-27,30,33,51,57H,13-15,17-19,21-24,28-29,31H2,1-4H3,(H,50,52)(H,53,56). The fourth-order valence-electron chi connectivity index (χ4n) is 9.05. The summed E-state index contributed by atoms with van der Waals surface area (Å²) in [5.74, 6) is 0.250. The van der Waals surface area contributed by atoms with Gasteiger partial charge in [-0.15, -0.1) is 0 Å². The lowest BCUT2D eigenvalue weighted by molar-refractivity contribution is -0.00392. The molecule has 2 fully saturated rings. The van der Waals surface area contributed by atoms with Gasteiger partial charge in [0.05, 0.1) is 27.9 Å². The SMILES string of the molecule is COC1(C)CCC(c2ccc(Cl)cc2)=C(CN2CCN(c3ccc(C(=O)NS(=O)(=O)c4ccc(NCC5CCC(C)(O)CC5)c(C)c4)c(Oc4cnc5[nH]ccc5c4)c3)CC2)C1. The van der Waals surface area contributed by atoms with Gasteiger partial charge in [0.25, 0.3) is 15.9 Å². The van der Waals surface area contributed by atoms with Crippen LogP contribution in [0.5, 0.6) is 11.5 Å². The van der Waals surface area contributed by atoms with E-state index in [9.17, 15) is 18.3 Å². The number of methoxy groups -OCH3 is 1. The number of anilines is 2. The molecule has 0 spiro atoms. The summed E-state index contributed by atoms with van der Waals surface area (Å²) in [6.07, 6.45) is 9.51. The van der Waals surface area contributed by atoms with Crippen molar-refractivity contribution in [3.05, 3.63) is 112 Å². The molecule has 62 heavy (non-hydrogen) atoms. The minimum atomic E-state index is -4.25. The Morgan fingerprint density at radius 1 is 0.984 bits per heavy atom. The third kappa shape index (κ3) is 10.1. The van der Waals surface area contributed by atoms with E-state index in [4.69, 9.17) is 21.1 Å². The van der Waals surface area contributed by atoms with Crippen molar-refractivity contribution in [2.75, 3.05) is 56.6 Å². The molecule has 1 aliphatic heterocycles. The molecule has 1 atom stereocenters. The van der Waals surface area contributed by atoms with E-state index in [2.05, 4.69) is 48.9 Å². The van der Waals surface area contributed by atoms with Crippen LogP contribution in [0.1, 0.15) is 80.3 Å². The van der Waals surface area contributed by atoms with Gasteiger partial charge in [-0.2, -0.15) is 0 Å². The fourth-order valence-corrected chi connectivity index (χ4v) is 10.2. The number of carbonyl (C=O) groups is 1. The monoisotopic (exact) mass is 880 g/mol. The van der Waals surface area contributed by atoms with Gasteiger partial charge in [0.1, 0.15) is 17.1 Å². The number of amides is 1. The maximum atomic E-state index is 14.0. The number of aliphatic hydroxyl groups is 1. The van der Waals surface area contributed by atoms with Crippen LogP contribution in [0.3, 0.4) is 0 Å². The third-order valence-corrected chi connectivity index (χ3v) is 14.6. The Morgan fingerprint density at radius 3 is 2.47 bits per heavy atom. The first-order valence-electron chi connectivity index (χ1n) is 21.5. The number of halogens is 1. The molecule has 0 bridgehead atoms. The van der Waals surface area contributed by atoms with Crippen LogP contribution in [-0.2, 0) is 14.8 Å². The maximum absolute atomic E-state index is 14.0. The number of carbonyl (C=O) groups excluding carboxylic acids is 1. The third-order valence-electron chi connectivity index (χ3n) is 13.1. The molecular weight excluding hydrogens is 824 g/mol. The number of hydrogen-bond donors (Lipinski definition) is 4. The number of hydrogen-bond acceptors (Lipinski definition) is 10. The number of pyridine rings is 1. The van der Waals surface area contributed by atoms with Crippen molar-refractivity contribution in [3.8, 4) is 11.5 Å². The summed E-state index contributed by atoms with van der Waals surface area (Å²) in [4.78, 5) is 26.2. The smallest absolute Gasteiger partial charge is 0.268 e. The molecule has 1 unspecified atom stereocenters. The zero-order chi connectivity index (χ0) is 43.6. The Balaban J connectivity index is 0.978. The number of ether oxygens (including phenoxy) is 2. The lowest BCUT2D eigenvalue weighted by Crippen LogP contribution is -2.47. The van der Waals surface area contributed by atoms with E-state index in [1.807, 2.05) is 50.2 Å². The van der Waals surface area contributed by atoms with E-state index >= 15 is 0 Å². The Bertz CT molecular complexity index is 2560. The lowest BCUT2D eigenvalue weighted by Gasteiger charge is -2.40. The Labute approximate surface area is 369 Å². The molecule has 8 rings (SSSR count). The number of H-pyrrole nitrogens is 1. The number of aromatic amines is 1. The molecule has 328 valence electrons. The predicted octanol–water partition coefficient (Wildman–Crippen LogP) is 8.95. The molecule has 3 heterocycles. The number of nitrogens with zero attached hydrogens (tertiary/aromatic N) is 3. The second kappa shape index (κ2) is 18.1. The van der Waals surface area contributed by atoms with Gasteiger partial charge in [-0.1, -0.05) is 23.7 Å². The molecule has 1 amide bonds. The molecule has 4 N–H and O–H groups in total. The van der Waals surface area contributed by atoms with E-state index in [1.54, 1.807) is 37.7 Å². The van der Waals surface area contributed by atoms with Crippen LogP contribution >= 0.6 is 11.6 Å². The van der Waals surface area contributed by atoms with Crippen molar-refractivity contribution < 1.29 is 27.8 Å². The van der Waals surface area contributed by atoms with E-state index in [1.165, 1.54) is 22.8 Å². The van der Waals surface area contributed by atoms with Gasteiger partial charge < -0.3 is 29.8 Å². The minimum absolute atomic E-state index is 0.0159. The van der Waals surface area contributed by atoms with E-state index in [0.29, 0.717) is 17.3 Å². The quantitative estimate of drug-likeness (QED) is 0.0904. The number of fused-ring (bicyclic) bond motifs is 1. The lowest BCUT2D eigenvalue weighted by atomic mass is 9.79. The second-order valence-corrected chi connectivity index (χ2v) is 19.9. The average Bonchev–Trinajstić information content (AvgIpc) is 3.72. The summed E-state index contributed by atoms with van der Waals surface area (Å²) in [6.45, 7) is 10.6. The van der Waals surface area contributed by atoms with Gasteiger partial charge in [-0.25, -0.2) is 18.1 Å². The molecule has 1 saturated heterocycles.